The van der Waals surface area contributed by atoms with Gasteiger partial charge in [-0.3, -0.25) is 0 Å². The lowest BCUT2D eigenvalue weighted by molar-refractivity contribution is 0.275. The molecule has 0 aliphatic carbocycles. The molecule has 1 saturated heterocycles. The zero-order valence-electron chi connectivity index (χ0n) is 10.9. The number of nitrogens with one attached hydrogen (secondary N) is 2. The molecule has 1 aromatic rings. The van der Waals surface area contributed by atoms with Gasteiger partial charge in [-0.05, 0) is 55.6 Å². The van der Waals surface area contributed by atoms with E-state index in [0.717, 1.165) is 31.6 Å². The second-order valence-electron chi connectivity index (χ2n) is 5.04. The highest BCUT2D eigenvalue weighted by Crippen LogP contribution is 2.18. The van der Waals surface area contributed by atoms with E-state index in [-0.39, 0.29) is 4.90 Å². The maximum atomic E-state index is 12.8. The molecular formula is C13H19FN2O2S. The minimum Gasteiger partial charge on any atom is -0.316 e. The third-order valence-electron chi connectivity index (χ3n) is 3.65. The van der Waals surface area contributed by atoms with Gasteiger partial charge in [0.05, 0.1) is 4.90 Å². The van der Waals surface area contributed by atoms with E-state index < -0.39 is 15.8 Å². The summed E-state index contributed by atoms with van der Waals surface area (Å²) in [5.74, 6) is 0.352. The number of halogens is 1. The number of hydrogen-bond acceptors (Lipinski definition) is 3. The first kappa shape index (κ1) is 14.4. The van der Waals surface area contributed by atoms with Gasteiger partial charge in [-0.15, -0.1) is 0 Å². The Morgan fingerprint density at radius 3 is 2.68 bits per heavy atom. The van der Waals surface area contributed by atoms with E-state index in [2.05, 4.69) is 17.0 Å². The molecule has 6 heteroatoms. The maximum absolute atomic E-state index is 12.8. The van der Waals surface area contributed by atoms with Crippen LogP contribution in [0.25, 0.3) is 0 Å². The highest BCUT2D eigenvalue weighted by Gasteiger charge is 2.23. The molecule has 2 rings (SSSR count). The standard InChI is InChI=1S/C13H19FN2O2S/c1-10-6-7-15-8-11(10)9-16-19(17,18)13-4-2-12(14)3-5-13/h2-5,10-11,15-16H,6-9H2,1H3. The highest BCUT2D eigenvalue weighted by molar-refractivity contribution is 7.89. The number of piperidine rings is 1. The molecule has 1 aliphatic heterocycles. The van der Waals surface area contributed by atoms with Gasteiger partial charge in [-0.1, -0.05) is 6.92 Å². The maximum Gasteiger partial charge on any atom is 0.240 e. The normalized spacial score (nSPS) is 24.3. The summed E-state index contributed by atoms with van der Waals surface area (Å²) >= 11 is 0. The Bertz CT molecular complexity index is 516. The van der Waals surface area contributed by atoms with E-state index in [4.69, 9.17) is 0 Å². The average molecular weight is 286 g/mol. The summed E-state index contributed by atoms with van der Waals surface area (Å²) in [7, 11) is -3.54. The fraction of sp³-hybridized carbons (Fsp3) is 0.538. The second-order valence-corrected chi connectivity index (χ2v) is 6.80. The first-order valence-electron chi connectivity index (χ1n) is 6.45. The van der Waals surface area contributed by atoms with Crippen molar-refractivity contribution in [2.45, 2.75) is 18.2 Å². The predicted octanol–water partition coefficient (Wildman–Crippen LogP) is 1.35. The number of rotatable bonds is 4. The minimum absolute atomic E-state index is 0.102. The van der Waals surface area contributed by atoms with Crippen molar-refractivity contribution in [3.8, 4) is 0 Å². The van der Waals surface area contributed by atoms with Gasteiger partial charge in [0.2, 0.25) is 10.0 Å². The summed E-state index contributed by atoms with van der Waals surface area (Å²) in [4.78, 5) is 0.102. The second kappa shape index (κ2) is 5.98. The zero-order valence-corrected chi connectivity index (χ0v) is 11.7. The van der Waals surface area contributed by atoms with Gasteiger partial charge in [0, 0.05) is 6.54 Å². The molecule has 0 saturated carbocycles. The lowest BCUT2D eigenvalue weighted by Gasteiger charge is -2.29. The van der Waals surface area contributed by atoms with Crippen LogP contribution < -0.4 is 10.0 Å². The first-order chi connectivity index (χ1) is 8.99. The van der Waals surface area contributed by atoms with Crippen LogP contribution in [-0.2, 0) is 10.0 Å². The molecular weight excluding hydrogens is 267 g/mol. The van der Waals surface area contributed by atoms with Crippen LogP contribution >= 0.6 is 0 Å². The van der Waals surface area contributed by atoms with Crippen LogP contribution in [0.3, 0.4) is 0 Å². The van der Waals surface area contributed by atoms with Gasteiger partial charge in [0.15, 0.2) is 0 Å². The third kappa shape index (κ3) is 3.75. The van der Waals surface area contributed by atoms with Crippen molar-refractivity contribution in [1.29, 1.82) is 0 Å². The Hall–Kier alpha value is -0.980. The van der Waals surface area contributed by atoms with Crippen molar-refractivity contribution in [2.75, 3.05) is 19.6 Å². The summed E-state index contributed by atoms with van der Waals surface area (Å²) in [5, 5.41) is 3.26. The number of hydrogen-bond donors (Lipinski definition) is 2. The number of benzene rings is 1. The molecule has 2 atom stereocenters. The van der Waals surface area contributed by atoms with Crippen LogP contribution in [0.1, 0.15) is 13.3 Å². The van der Waals surface area contributed by atoms with Crippen LogP contribution in [-0.4, -0.2) is 28.1 Å². The molecule has 4 nitrogen and oxygen atoms in total. The Morgan fingerprint density at radius 2 is 2.05 bits per heavy atom. The monoisotopic (exact) mass is 286 g/mol. The lowest BCUT2D eigenvalue weighted by atomic mass is 9.88. The third-order valence-corrected chi connectivity index (χ3v) is 5.09. The minimum atomic E-state index is -3.54. The fourth-order valence-electron chi connectivity index (χ4n) is 2.24. The van der Waals surface area contributed by atoms with Crippen LogP contribution in [0.5, 0.6) is 0 Å². The Balaban J connectivity index is 1.99. The van der Waals surface area contributed by atoms with Crippen molar-refractivity contribution in [2.24, 2.45) is 11.8 Å². The van der Waals surface area contributed by atoms with E-state index in [9.17, 15) is 12.8 Å². The van der Waals surface area contributed by atoms with E-state index in [1.54, 1.807) is 0 Å². The van der Waals surface area contributed by atoms with Crippen molar-refractivity contribution in [1.82, 2.24) is 10.0 Å². The van der Waals surface area contributed by atoms with Gasteiger partial charge in [-0.2, -0.15) is 0 Å². The van der Waals surface area contributed by atoms with Crippen molar-refractivity contribution in [3.63, 3.8) is 0 Å². The van der Waals surface area contributed by atoms with E-state index in [0.29, 0.717) is 18.4 Å². The van der Waals surface area contributed by atoms with Crippen LogP contribution in [0.15, 0.2) is 29.2 Å². The molecule has 0 amide bonds. The molecule has 1 aliphatic rings. The fourth-order valence-corrected chi connectivity index (χ4v) is 3.34. The molecule has 1 aromatic carbocycles. The number of sulfonamides is 1. The summed E-state index contributed by atoms with van der Waals surface area (Å²) in [6, 6.07) is 4.86. The topological polar surface area (TPSA) is 58.2 Å². The van der Waals surface area contributed by atoms with Crippen molar-refractivity contribution >= 4 is 10.0 Å². The van der Waals surface area contributed by atoms with E-state index >= 15 is 0 Å². The smallest absolute Gasteiger partial charge is 0.240 e. The summed E-state index contributed by atoms with van der Waals surface area (Å²) in [6.07, 6.45) is 1.06. The summed E-state index contributed by atoms with van der Waals surface area (Å²) in [6.45, 7) is 4.36. The first-order valence-corrected chi connectivity index (χ1v) is 7.93. The highest BCUT2D eigenvalue weighted by atomic mass is 32.2. The largest absolute Gasteiger partial charge is 0.316 e. The van der Waals surface area contributed by atoms with Gasteiger partial charge in [0.1, 0.15) is 5.82 Å². The quantitative estimate of drug-likeness (QED) is 0.878. The van der Waals surface area contributed by atoms with Crippen molar-refractivity contribution in [3.05, 3.63) is 30.1 Å². The van der Waals surface area contributed by atoms with E-state index in [1.807, 2.05) is 0 Å². The summed E-state index contributed by atoms with van der Waals surface area (Å²) < 4.78 is 39.5. The van der Waals surface area contributed by atoms with Crippen LogP contribution in [0, 0.1) is 17.7 Å². The summed E-state index contributed by atoms with van der Waals surface area (Å²) in [5.41, 5.74) is 0. The molecule has 106 valence electrons. The van der Waals surface area contributed by atoms with E-state index in [1.165, 1.54) is 12.1 Å². The van der Waals surface area contributed by atoms with Crippen LogP contribution in [0.4, 0.5) is 4.39 Å². The van der Waals surface area contributed by atoms with Gasteiger partial charge < -0.3 is 5.32 Å². The molecule has 19 heavy (non-hydrogen) atoms. The molecule has 0 aromatic heterocycles. The molecule has 0 bridgehead atoms. The Labute approximate surface area is 113 Å². The van der Waals surface area contributed by atoms with Crippen LogP contribution in [0.2, 0.25) is 0 Å². The van der Waals surface area contributed by atoms with Gasteiger partial charge in [0.25, 0.3) is 0 Å². The van der Waals surface area contributed by atoms with Gasteiger partial charge in [-0.25, -0.2) is 17.5 Å². The Kier molecular flexibility index (Phi) is 4.54. The molecule has 0 spiro atoms. The zero-order chi connectivity index (χ0) is 13.9. The Morgan fingerprint density at radius 1 is 1.37 bits per heavy atom. The lowest BCUT2D eigenvalue weighted by Crippen LogP contribution is -2.42. The molecule has 0 radical (unpaired) electrons. The predicted molar refractivity (Wildman–Crippen MR) is 71.7 cm³/mol. The SMILES string of the molecule is CC1CCNCC1CNS(=O)(=O)c1ccc(F)cc1. The molecule has 2 N–H and O–H groups in total. The van der Waals surface area contributed by atoms with Crippen molar-refractivity contribution < 1.29 is 12.8 Å². The average Bonchev–Trinajstić information content (AvgIpc) is 2.38. The van der Waals surface area contributed by atoms with Gasteiger partial charge >= 0.3 is 0 Å². The molecule has 1 fully saturated rings. The molecule has 2 unspecified atom stereocenters. The molecule has 1 heterocycles.